The van der Waals surface area contributed by atoms with E-state index < -0.39 is 35.9 Å². The van der Waals surface area contributed by atoms with E-state index in [2.05, 4.69) is 10.3 Å². The SMILES string of the molecule is Nc1cc(CC2C(=O)N(C(=O)NC(c3ccccc3)c3ccccc3)C2C(=O)OCc2ccccc2)ccn1. The molecule has 0 bridgehead atoms. The van der Waals surface area contributed by atoms with Crippen LogP contribution in [0.1, 0.15) is 28.3 Å². The van der Waals surface area contributed by atoms with Gasteiger partial charge in [-0.2, -0.15) is 0 Å². The summed E-state index contributed by atoms with van der Waals surface area (Å²) >= 11 is 0. The highest BCUT2D eigenvalue weighted by molar-refractivity contribution is 6.08. The molecule has 5 rings (SSSR count). The Morgan fingerprint density at radius 2 is 1.46 bits per heavy atom. The van der Waals surface area contributed by atoms with Gasteiger partial charge in [-0.25, -0.2) is 19.5 Å². The van der Waals surface area contributed by atoms with Crippen molar-refractivity contribution in [1.29, 1.82) is 0 Å². The maximum atomic E-state index is 13.6. The van der Waals surface area contributed by atoms with Crippen molar-refractivity contribution in [1.82, 2.24) is 15.2 Å². The number of pyridine rings is 1. The number of rotatable bonds is 8. The van der Waals surface area contributed by atoms with Crippen molar-refractivity contribution in [2.45, 2.75) is 25.1 Å². The molecule has 2 atom stereocenters. The Hall–Kier alpha value is -4.98. The number of nitrogens with zero attached hydrogens (tertiary/aromatic N) is 2. The standard InChI is InChI=1S/C31H28N4O4/c32-26-19-22(16-17-33-26)18-25-28(30(37)39-20-21-10-4-1-5-11-21)35(29(25)36)31(38)34-27(23-12-6-2-7-13-23)24-14-8-3-9-15-24/h1-17,19,25,27-28H,18,20H2,(H2,32,33)(H,34,38). The summed E-state index contributed by atoms with van der Waals surface area (Å²) in [6.45, 7) is 0.0331. The van der Waals surface area contributed by atoms with Crippen molar-refractivity contribution in [2.75, 3.05) is 5.73 Å². The lowest BCUT2D eigenvalue weighted by Gasteiger charge is -2.44. The summed E-state index contributed by atoms with van der Waals surface area (Å²) in [5.74, 6) is -1.56. The first-order chi connectivity index (χ1) is 19.0. The van der Waals surface area contributed by atoms with Gasteiger partial charge in [-0.1, -0.05) is 91.0 Å². The Labute approximate surface area is 226 Å². The minimum Gasteiger partial charge on any atom is -0.459 e. The van der Waals surface area contributed by atoms with Crippen molar-refractivity contribution < 1.29 is 19.1 Å². The number of benzene rings is 3. The van der Waals surface area contributed by atoms with E-state index in [1.807, 2.05) is 91.0 Å². The van der Waals surface area contributed by atoms with Crippen LogP contribution in [-0.2, 0) is 27.4 Å². The number of urea groups is 1. The molecule has 8 nitrogen and oxygen atoms in total. The van der Waals surface area contributed by atoms with Crippen LogP contribution in [0, 0.1) is 5.92 Å². The maximum Gasteiger partial charge on any atom is 0.330 e. The molecule has 196 valence electrons. The molecule has 1 aliphatic heterocycles. The van der Waals surface area contributed by atoms with Crippen LogP contribution in [0.4, 0.5) is 10.6 Å². The second kappa shape index (κ2) is 11.6. The minimum atomic E-state index is -1.08. The summed E-state index contributed by atoms with van der Waals surface area (Å²) in [4.78, 5) is 45.2. The normalized spacial score (nSPS) is 16.4. The molecule has 4 aromatic rings. The number of imide groups is 1. The van der Waals surface area contributed by atoms with Crippen molar-refractivity contribution >= 4 is 23.7 Å². The summed E-state index contributed by atoms with van der Waals surface area (Å²) in [5, 5.41) is 2.96. The number of β-lactam (4-membered cyclic amide) rings is 1. The molecule has 1 saturated heterocycles. The third-order valence-electron chi connectivity index (χ3n) is 6.73. The van der Waals surface area contributed by atoms with Crippen LogP contribution in [0.15, 0.2) is 109 Å². The number of aromatic nitrogens is 1. The van der Waals surface area contributed by atoms with E-state index in [0.29, 0.717) is 5.82 Å². The first-order valence-corrected chi connectivity index (χ1v) is 12.7. The number of carbonyl (C=O) groups excluding carboxylic acids is 3. The Bertz CT molecular complexity index is 1410. The fourth-order valence-electron chi connectivity index (χ4n) is 4.78. The van der Waals surface area contributed by atoms with Crippen molar-refractivity contribution in [3.63, 3.8) is 0 Å². The van der Waals surface area contributed by atoms with Crippen molar-refractivity contribution in [3.8, 4) is 0 Å². The van der Waals surface area contributed by atoms with E-state index in [0.717, 1.165) is 27.2 Å². The molecule has 0 spiro atoms. The second-order valence-electron chi connectivity index (χ2n) is 9.35. The summed E-state index contributed by atoms with van der Waals surface area (Å²) in [6, 6.07) is 29.3. The van der Waals surface area contributed by atoms with Crippen molar-refractivity contribution in [2.24, 2.45) is 5.92 Å². The summed E-state index contributed by atoms with van der Waals surface area (Å²) in [6.07, 6.45) is 1.77. The number of nitrogens with one attached hydrogen (secondary N) is 1. The summed E-state index contributed by atoms with van der Waals surface area (Å²) in [7, 11) is 0. The zero-order valence-electron chi connectivity index (χ0n) is 21.1. The fraction of sp³-hybridized carbons (Fsp3) is 0.161. The zero-order chi connectivity index (χ0) is 27.2. The first kappa shape index (κ1) is 25.7. The Morgan fingerprint density at radius 3 is 2.05 bits per heavy atom. The van der Waals surface area contributed by atoms with Crippen LogP contribution in [0.25, 0.3) is 0 Å². The van der Waals surface area contributed by atoms with E-state index in [-0.39, 0.29) is 13.0 Å². The van der Waals surface area contributed by atoms with E-state index in [1.165, 1.54) is 0 Å². The molecule has 0 saturated carbocycles. The number of nitrogens with two attached hydrogens (primary N) is 1. The Balaban J connectivity index is 1.39. The molecule has 0 radical (unpaired) electrons. The van der Waals surface area contributed by atoms with Crippen LogP contribution in [0.2, 0.25) is 0 Å². The molecule has 8 heteroatoms. The number of anilines is 1. The molecule has 3 N–H and O–H groups in total. The second-order valence-corrected chi connectivity index (χ2v) is 9.35. The van der Waals surface area contributed by atoms with Gasteiger partial charge in [-0.3, -0.25) is 4.79 Å². The number of ether oxygens (including phenoxy) is 1. The molecule has 2 heterocycles. The molecule has 1 fully saturated rings. The average molecular weight is 521 g/mol. The van der Waals surface area contributed by atoms with Crippen LogP contribution in [0.5, 0.6) is 0 Å². The predicted octanol–water partition coefficient (Wildman–Crippen LogP) is 4.28. The van der Waals surface area contributed by atoms with E-state index >= 15 is 0 Å². The highest BCUT2D eigenvalue weighted by atomic mass is 16.5. The summed E-state index contributed by atoms with van der Waals surface area (Å²) < 4.78 is 5.58. The van der Waals surface area contributed by atoms with Crippen LogP contribution >= 0.6 is 0 Å². The van der Waals surface area contributed by atoms with Crippen LogP contribution in [0.3, 0.4) is 0 Å². The lowest BCUT2D eigenvalue weighted by atomic mass is 9.82. The van der Waals surface area contributed by atoms with Crippen molar-refractivity contribution in [3.05, 3.63) is 132 Å². The highest BCUT2D eigenvalue weighted by Crippen LogP contribution is 2.33. The monoisotopic (exact) mass is 520 g/mol. The molecule has 1 aliphatic rings. The fourth-order valence-corrected chi connectivity index (χ4v) is 4.78. The first-order valence-electron chi connectivity index (χ1n) is 12.7. The quantitative estimate of drug-likeness (QED) is 0.265. The molecular weight excluding hydrogens is 492 g/mol. The minimum absolute atomic E-state index is 0.0331. The zero-order valence-corrected chi connectivity index (χ0v) is 21.1. The van der Waals surface area contributed by atoms with E-state index in [4.69, 9.17) is 10.5 Å². The molecule has 0 aliphatic carbocycles. The van der Waals surface area contributed by atoms with E-state index in [1.54, 1.807) is 18.3 Å². The van der Waals surface area contributed by atoms with Gasteiger partial charge >= 0.3 is 12.0 Å². The number of carbonyl (C=O) groups is 3. The van der Waals surface area contributed by atoms with Gasteiger partial charge in [0.05, 0.1) is 12.0 Å². The van der Waals surface area contributed by atoms with Gasteiger partial charge in [0.2, 0.25) is 5.91 Å². The third-order valence-corrected chi connectivity index (χ3v) is 6.73. The molecular formula is C31H28N4O4. The van der Waals surface area contributed by atoms with Gasteiger partial charge in [-0.05, 0) is 40.8 Å². The smallest absolute Gasteiger partial charge is 0.330 e. The van der Waals surface area contributed by atoms with Crippen LogP contribution < -0.4 is 11.1 Å². The Kier molecular flexibility index (Phi) is 7.63. The van der Waals surface area contributed by atoms with Gasteiger partial charge in [0.15, 0.2) is 6.04 Å². The number of amides is 3. The topological polar surface area (TPSA) is 115 Å². The number of hydrogen-bond acceptors (Lipinski definition) is 6. The van der Waals surface area contributed by atoms with Gasteiger partial charge in [-0.15, -0.1) is 0 Å². The third kappa shape index (κ3) is 5.80. The van der Waals surface area contributed by atoms with Gasteiger partial charge in [0, 0.05) is 6.20 Å². The van der Waals surface area contributed by atoms with Gasteiger partial charge in [0.25, 0.3) is 0 Å². The summed E-state index contributed by atoms with van der Waals surface area (Å²) in [5.41, 5.74) is 9.05. The lowest BCUT2D eigenvalue weighted by molar-refractivity contribution is -0.170. The average Bonchev–Trinajstić information content (AvgIpc) is 2.97. The predicted molar refractivity (Wildman–Crippen MR) is 146 cm³/mol. The van der Waals surface area contributed by atoms with Gasteiger partial charge in [0.1, 0.15) is 12.4 Å². The Morgan fingerprint density at radius 1 is 0.872 bits per heavy atom. The molecule has 3 aromatic carbocycles. The number of likely N-dealkylation sites (tertiary alicyclic amines) is 1. The molecule has 39 heavy (non-hydrogen) atoms. The number of esters is 1. The van der Waals surface area contributed by atoms with Crippen LogP contribution in [-0.4, -0.2) is 33.8 Å². The molecule has 1 aromatic heterocycles. The maximum absolute atomic E-state index is 13.6. The number of nitrogen functional groups attached to an aromatic ring is 1. The largest absolute Gasteiger partial charge is 0.459 e. The molecule has 2 unspecified atom stereocenters. The van der Waals surface area contributed by atoms with Gasteiger partial charge < -0.3 is 15.8 Å². The molecule has 3 amide bonds. The number of hydrogen-bond donors (Lipinski definition) is 2. The lowest BCUT2D eigenvalue weighted by Crippen LogP contribution is -2.69. The highest BCUT2D eigenvalue weighted by Gasteiger charge is 2.55. The van der Waals surface area contributed by atoms with E-state index in [9.17, 15) is 14.4 Å².